The van der Waals surface area contributed by atoms with Crippen LogP contribution < -0.4 is 0 Å². The second-order valence-electron chi connectivity index (χ2n) is 4.39. The lowest BCUT2D eigenvalue weighted by Gasteiger charge is -2.07. The standard InChI is InChI=1S/C10H14F3N3S/c11-10(12,13)5-1-2-6-16-8(7-3-4-7)14-15-9(16)17/h7H,1-6H2,(H,15,17). The molecule has 1 heterocycles. The molecular formula is C10H14F3N3S. The number of nitrogens with zero attached hydrogens (tertiary/aromatic N) is 2. The van der Waals surface area contributed by atoms with Crippen molar-refractivity contribution in [2.45, 2.75) is 50.7 Å². The van der Waals surface area contributed by atoms with Gasteiger partial charge in [0.25, 0.3) is 0 Å². The largest absolute Gasteiger partial charge is 0.389 e. The molecule has 0 unspecified atom stereocenters. The van der Waals surface area contributed by atoms with Gasteiger partial charge >= 0.3 is 6.18 Å². The number of hydrogen-bond donors (Lipinski definition) is 1. The molecule has 0 aliphatic heterocycles. The van der Waals surface area contributed by atoms with Gasteiger partial charge in [0.2, 0.25) is 0 Å². The lowest BCUT2D eigenvalue weighted by molar-refractivity contribution is -0.135. The molecule has 0 spiro atoms. The average Bonchev–Trinajstić information content (AvgIpc) is 2.98. The summed E-state index contributed by atoms with van der Waals surface area (Å²) in [6.45, 7) is 0.525. The van der Waals surface area contributed by atoms with Crippen LogP contribution in [0.25, 0.3) is 0 Å². The third kappa shape index (κ3) is 3.55. The lowest BCUT2D eigenvalue weighted by atomic mass is 10.2. The summed E-state index contributed by atoms with van der Waals surface area (Å²) in [5.41, 5.74) is 0. The van der Waals surface area contributed by atoms with E-state index in [0.29, 0.717) is 23.7 Å². The molecule has 3 nitrogen and oxygen atoms in total. The van der Waals surface area contributed by atoms with Crippen LogP contribution in [0.2, 0.25) is 0 Å². The Morgan fingerprint density at radius 3 is 2.65 bits per heavy atom. The van der Waals surface area contributed by atoms with Crippen molar-refractivity contribution in [3.8, 4) is 0 Å². The topological polar surface area (TPSA) is 33.6 Å². The van der Waals surface area contributed by atoms with E-state index in [1.807, 2.05) is 4.57 Å². The minimum absolute atomic E-state index is 0.139. The Morgan fingerprint density at radius 2 is 2.06 bits per heavy atom. The summed E-state index contributed by atoms with van der Waals surface area (Å²) < 4.78 is 38.3. The molecule has 96 valence electrons. The number of unbranched alkanes of at least 4 members (excludes halogenated alkanes) is 1. The highest BCUT2D eigenvalue weighted by Crippen LogP contribution is 2.38. The number of rotatable bonds is 5. The molecule has 1 aromatic rings. The molecular weight excluding hydrogens is 251 g/mol. The van der Waals surface area contributed by atoms with E-state index in [1.54, 1.807) is 0 Å². The Hall–Kier alpha value is -0.850. The van der Waals surface area contributed by atoms with Gasteiger partial charge in [-0.3, -0.25) is 5.10 Å². The van der Waals surface area contributed by atoms with Crippen LogP contribution >= 0.6 is 12.2 Å². The van der Waals surface area contributed by atoms with Gasteiger partial charge in [-0.2, -0.15) is 18.3 Å². The zero-order valence-electron chi connectivity index (χ0n) is 9.26. The van der Waals surface area contributed by atoms with Crippen molar-refractivity contribution in [3.05, 3.63) is 10.6 Å². The fourth-order valence-electron chi connectivity index (χ4n) is 1.79. The number of aromatic amines is 1. The fourth-order valence-corrected chi connectivity index (χ4v) is 2.02. The number of H-pyrrole nitrogens is 1. The highest BCUT2D eigenvalue weighted by molar-refractivity contribution is 7.71. The summed E-state index contributed by atoms with van der Waals surface area (Å²) >= 11 is 5.07. The molecule has 0 saturated heterocycles. The summed E-state index contributed by atoms with van der Waals surface area (Å²) in [4.78, 5) is 0. The number of halogens is 3. The molecule has 0 amide bonds. The maximum absolute atomic E-state index is 12.0. The van der Waals surface area contributed by atoms with Crippen LogP contribution in [0.4, 0.5) is 13.2 Å². The number of alkyl halides is 3. The van der Waals surface area contributed by atoms with Crippen LogP contribution in [0.1, 0.15) is 43.8 Å². The smallest absolute Gasteiger partial charge is 0.304 e. The molecule has 1 aliphatic rings. The number of hydrogen-bond acceptors (Lipinski definition) is 2. The van der Waals surface area contributed by atoms with E-state index < -0.39 is 12.6 Å². The first-order chi connectivity index (χ1) is 7.97. The van der Waals surface area contributed by atoms with Crippen molar-refractivity contribution in [1.29, 1.82) is 0 Å². The molecule has 1 N–H and O–H groups in total. The Bertz CT molecular complexity index is 431. The highest BCUT2D eigenvalue weighted by atomic mass is 32.1. The molecule has 1 saturated carbocycles. The predicted molar refractivity (Wildman–Crippen MR) is 59.3 cm³/mol. The first kappa shape index (κ1) is 12.6. The predicted octanol–water partition coefficient (Wildman–Crippen LogP) is 3.55. The van der Waals surface area contributed by atoms with Crippen LogP contribution in [0.15, 0.2) is 0 Å². The summed E-state index contributed by atoms with van der Waals surface area (Å²) in [5, 5.41) is 6.84. The van der Waals surface area contributed by atoms with Crippen molar-refractivity contribution in [1.82, 2.24) is 14.8 Å². The second-order valence-corrected chi connectivity index (χ2v) is 4.77. The van der Waals surface area contributed by atoms with Gasteiger partial charge in [0, 0.05) is 18.9 Å². The van der Waals surface area contributed by atoms with E-state index >= 15 is 0 Å². The van der Waals surface area contributed by atoms with Gasteiger partial charge < -0.3 is 4.57 Å². The molecule has 1 fully saturated rings. The van der Waals surface area contributed by atoms with E-state index in [4.69, 9.17) is 12.2 Å². The molecule has 0 atom stereocenters. The zero-order chi connectivity index (χ0) is 12.5. The van der Waals surface area contributed by atoms with E-state index in [-0.39, 0.29) is 6.42 Å². The van der Waals surface area contributed by atoms with E-state index in [9.17, 15) is 13.2 Å². The molecule has 0 aromatic carbocycles. The maximum Gasteiger partial charge on any atom is 0.389 e. The molecule has 0 bridgehead atoms. The molecule has 17 heavy (non-hydrogen) atoms. The zero-order valence-corrected chi connectivity index (χ0v) is 10.1. The monoisotopic (exact) mass is 265 g/mol. The average molecular weight is 265 g/mol. The molecule has 7 heteroatoms. The summed E-state index contributed by atoms with van der Waals surface area (Å²) in [6, 6.07) is 0. The van der Waals surface area contributed by atoms with E-state index in [0.717, 1.165) is 18.7 Å². The Balaban J connectivity index is 1.86. The summed E-state index contributed by atoms with van der Waals surface area (Å²) in [7, 11) is 0. The molecule has 0 radical (unpaired) electrons. The Labute approximate surface area is 102 Å². The quantitative estimate of drug-likeness (QED) is 0.652. The van der Waals surface area contributed by atoms with E-state index in [1.165, 1.54) is 0 Å². The minimum atomic E-state index is -4.06. The van der Waals surface area contributed by atoms with Gasteiger partial charge in [-0.15, -0.1) is 0 Å². The Morgan fingerprint density at radius 1 is 1.35 bits per heavy atom. The van der Waals surface area contributed by atoms with Gasteiger partial charge in [0.05, 0.1) is 0 Å². The van der Waals surface area contributed by atoms with Crippen molar-refractivity contribution >= 4 is 12.2 Å². The molecule has 1 aromatic heterocycles. The van der Waals surface area contributed by atoms with Crippen LogP contribution in [0.5, 0.6) is 0 Å². The first-order valence-corrected chi connectivity index (χ1v) is 6.10. The van der Waals surface area contributed by atoms with Gasteiger partial charge in [-0.25, -0.2) is 0 Å². The van der Waals surface area contributed by atoms with Crippen LogP contribution in [0.3, 0.4) is 0 Å². The SMILES string of the molecule is FC(F)(F)CCCCn1c(C2CC2)n[nH]c1=S. The van der Waals surface area contributed by atoms with Crippen LogP contribution in [0, 0.1) is 4.77 Å². The highest BCUT2D eigenvalue weighted by Gasteiger charge is 2.29. The second kappa shape index (κ2) is 4.80. The van der Waals surface area contributed by atoms with Gasteiger partial charge in [-0.1, -0.05) is 0 Å². The first-order valence-electron chi connectivity index (χ1n) is 5.69. The van der Waals surface area contributed by atoms with Crippen molar-refractivity contribution in [3.63, 3.8) is 0 Å². The van der Waals surface area contributed by atoms with Gasteiger partial charge in [0.15, 0.2) is 4.77 Å². The normalized spacial score (nSPS) is 16.4. The van der Waals surface area contributed by atoms with Crippen molar-refractivity contribution < 1.29 is 13.2 Å². The fraction of sp³-hybridized carbons (Fsp3) is 0.800. The number of aromatic nitrogens is 3. The number of nitrogens with one attached hydrogen (secondary N) is 1. The van der Waals surface area contributed by atoms with E-state index in [2.05, 4.69) is 10.2 Å². The van der Waals surface area contributed by atoms with Crippen LogP contribution in [-0.4, -0.2) is 20.9 Å². The van der Waals surface area contributed by atoms with Crippen LogP contribution in [-0.2, 0) is 6.54 Å². The summed E-state index contributed by atoms with van der Waals surface area (Å²) in [5.74, 6) is 1.35. The minimum Gasteiger partial charge on any atom is -0.304 e. The lowest BCUT2D eigenvalue weighted by Crippen LogP contribution is -2.08. The van der Waals surface area contributed by atoms with Crippen molar-refractivity contribution in [2.75, 3.05) is 0 Å². The molecule has 1 aliphatic carbocycles. The third-order valence-electron chi connectivity index (χ3n) is 2.82. The van der Waals surface area contributed by atoms with Gasteiger partial charge in [0.1, 0.15) is 5.82 Å². The third-order valence-corrected chi connectivity index (χ3v) is 3.13. The maximum atomic E-state index is 12.0. The summed E-state index contributed by atoms with van der Waals surface area (Å²) in [6.07, 6.45) is -1.97. The Kier molecular flexibility index (Phi) is 3.56. The van der Waals surface area contributed by atoms with Crippen molar-refractivity contribution in [2.24, 2.45) is 0 Å². The molecule has 2 rings (SSSR count). The van der Waals surface area contributed by atoms with Gasteiger partial charge in [-0.05, 0) is 37.9 Å².